The van der Waals surface area contributed by atoms with Gasteiger partial charge in [0, 0.05) is 13.1 Å². The largest absolute Gasteiger partial charge is 0.444 e. The predicted octanol–water partition coefficient (Wildman–Crippen LogP) is 4.82. The van der Waals surface area contributed by atoms with Crippen LogP contribution >= 0.6 is 0 Å². The summed E-state index contributed by atoms with van der Waals surface area (Å²) in [5, 5.41) is 5.73. The van der Waals surface area contributed by atoms with Gasteiger partial charge in [-0.25, -0.2) is 4.79 Å². The van der Waals surface area contributed by atoms with E-state index in [1.807, 2.05) is 51.1 Å². The van der Waals surface area contributed by atoms with Crippen molar-refractivity contribution in [3.8, 4) is 0 Å². The first kappa shape index (κ1) is 28.5. The summed E-state index contributed by atoms with van der Waals surface area (Å²) in [7, 11) is 0. The van der Waals surface area contributed by atoms with Crippen molar-refractivity contribution in [1.29, 1.82) is 0 Å². The number of likely N-dealkylation sites (N-methyl/N-ethyl adjacent to an activating group) is 1. The third-order valence-corrected chi connectivity index (χ3v) is 5.07. The van der Waals surface area contributed by atoms with E-state index in [2.05, 4.69) is 17.6 Å². The molecular weight excluding hydrogens is 418 g/mol. The molecule has 0 bridgehead atoms. The predicted molar refractivity (Wildman–Crippen MR) is 132 cm³/mol. The highest BCUT2D eigenvalue weighted by Gasteiger charge is 2.35. The van der Waals surface area contributed by atoms with Crippen LogP contribution < -0.4 is 10.6 Å². The number of hydrogen-bond acceptors (Lipinski definition) is 4. The van der Waals surface area contributed by atoms with Gasteiger partial charge in [-0.05, 0) is 52.0 Å². The zero-order valence-corrected chi connectivity index (χ0v) is 21.4. The monoisotopic (exact) mass is 461 g/mol. The molecule has 0 saturated carbocycles. The molecule has 1 rings (SSSR count). The smallest absolute Gasteiger partial charge is 0.408 e. The Morgan fingerprint density at radius 1 is 1.03 bits per heavy atom. The summed E-state index contributed by atoms with van der Waals surface area (Å²) < 4.78 is 5.38. The lowest BCUT2D eigenvalue weighted by Gasteiger charge is -2.34. The summed E-state index contributed by atoms with van der Waals surface area (Å²) in [6.45, 7) is 14.1. The molecule has 2 unspecified atom stereocenters. The fourth-order valence-electron chi connectivity index (χ4n) is 3.60. The second-order valence-corrected chi connectivity index (χ2v) is 9.76. The lowest BCUT2D eigenvalue weighted by Crippen LogP contribution is -2.53. The van der Waals surface area contributed by atoms with E-state index in [1.54, 1.807) is 25.7 Å². The maximum atomic E-state index is 13.7. The average molecular weight is 462 g/mol. The first-order valence-corrected chi connectivity index (χ1v) is 12.1. The molecule has 2 N–H and O–H groups in total. The Kier molecular flexibility index (Phi) is 12.0. The number of rotatable bonds is 12. The Morgan fingerprint density at radius 3 is 2.18 bits per heavy atom. The lowest BCUT2D eigenvalue weighted by atomic mass is 9.99. The molecule has 3 amide bonds. The van der Waals surface area contributed by atoms with Crippen molar-refractivity contribution >= 4 is 17.9 Å². The molecule has 0 saturated heterocycles. The minimum atomic E-state index is -0.793. The van der Waals surface area contributed by atoms with Gasteiger partial charge in [0.15, 0.2) is 0 Å². The third-order valence-electron chi connectivity index (χ3n) is 5.07. The van der Waals surface area contributed by atoms with Gasteiger partial charge in [0.2, 0.25) is 11.8 Å². The molecule has 0 aliphatic carbocycles. The van der Waals surface area contributed by atoms with Gasteiger partial charge in [0.25, 0.3) is 0 Å². The van der Waals surface area contributed by atoms with Gasteiger partial charge in [-0.2, -0.15) is 0 Å². The van der Waals surface area contributed by atoms with Crippen molar-refractivity contribution in [2.75, 3.05) is 13.1 Å². The van der Waals surface area contributed by atoms with Crippen LogP contribution in [-0.4, -0.2) is 47.5 Å². The number of benzene rings is 1. The molecule has 0 radical (unpaired) electrons. The Labute approximate surface area is 199 Å². The number of nitrogens with one attached hydrogen (secondary N) is 2. The maximum Gasteiger partial charge on any atom is 0.408 e. The van der Waals surface area contributed by atoms with Crippen LogP contribution in [0.3, 0.4) is 0 Å². The molecular formula is C26H43N3O4. The molecule has 0 aliphatic rings. The topological polar surface area (TPSA) is 87.7 Å². The highest BCUT2D eigenvalue weighted by molar-refractivity contribution is 5.92. The summed E-state index contributed by atoms with van der Waals surface area (Å²) in [5.74, 6) is -0.353. The molecule has 1 aromatic carbocycles. The van der Waals surface area contributed by atoms with Gasteiger partial charge in [0.05, 0.1) is 0 Å². The molecule has 0 aromatic heterocycles. The molecule has 7 nitrogen and oxygen atoms in total. The van der Waals surface area contributed by atoms with Crippen LogP contribution in [-0.2, 0) is 14.3 Å². The molecule has 186 valence electrons. The minimum Gasteiger partial charge on any atom is -0.444 e. The van der Waals surface area contributed by atoms with E-state index in [0.29, 0.717) is 19.5 Å². The van der Waals surface area contributed by atoms with E-state index in [-0.39, 0.29) is 17.7 Å². The van der Waals surface area contributed by atoms with Crippen molar-refractivity contribution in [2.45, 2.75) is 91.8 Å². The molecule has 0 spiro atoms. The molecule has 0 heterocycles. The fourth-order valence-corrected chi connectivity index (χ4v) is 3.60. The first-order valence-electron chi connectivity index (χ1n) is 12.1. The minimum absolute atomic E-state index is 0.158. The highest BCUT2D eigenvalue weighted by atomic mass is 16.6. The van der Waals surface area contributed by atoms with Gasteiger partial charge in [-0.3, -0.25) is 9.59 Å². The van der Waals surface area contributed by atoms with Crippen LogP contribution in [0.4, 0.5) is 4.79 Å². The zero-order valence-electron chi connectivity index (χ0n) is 21.4. The van der Waals surface area contributed by atoms with E-state index in [4.69, 9.17) is 4.74 Å². The molecule has 7 heteroatoms. The summed E-state index contributed by atoms with van der Waals surface area (Å²) >= 11 is 0. The summed E-state index contributed by atoms with van der Waals surface area (Å²) in [5.41, 5.74) is 0.0616. The highest BCUT2D eigenvalue weighted by Crippen LogP contribution is 2.23. The van der Waals surface area contributed by atoms with Crippen LogP contribution in [0.5, 0.6) is 0 Å². The summed E-state index contributed by atoms with van der Waals surface area (Å²) in [4.78, 5) is 40.9. The molecule has 0 aliphatic heterocycles. The second-order valence-electron chi connectivity index (χ2n) is 9.76. The van der Waals surface area contributed by atoms with Crippen LogP contribution in [0, 0.1) is 5.92 Å². The number of hydrogen-bond donors (Lipinski definition) is 2. The van der Waals surface area contributed by atoms with Crippen molar-refractivity contribution in [2.24, 2.45) is 5.92 Å². The van der Waals surface area contributed by atoms with Crippen LogP contribution in [0.15, 0.2) is 30.3 Å². The van der Waals surface area contributed by atoms with Crippen LogP contribution in [0.2, 0.25) is 0 Å². The Bertz CT molecular complexity index is 744. The van der Waals surface area contributed by atoms with E-state index >= 15 is 0 Å². The number of carbonyl (C=O) groups is 3. The summed E-state index contributed by atoms with van der Waals surface area (Å²) in [6, 6.07) is 7.73. The Morgan fingerprint density at radius 2 is 1.67 bits per heavy atom. The Balaban J connectivity index is 3.19. The van der Waals surface area contributed by atoms with Crippen molar-refractivity contribution in [3.05, 3.63) is 35.9 Å². The molecule has 33 heavy (non-hydrogen) atoms. The van der Waals surface area contributed by atoms with Gasteiger partial charge in [0.1, 0.15) is 17.7 Å². The lowest BCUT2D eigenvalue weighted by molar-refractivity contribution is -0.142. The zero-order chi connectivity index (χ0) is 25.0. The quantitative estimate of drug-likeness (QED) is 0.437. The van der Waals surface area contributed by atoms with E-state index in [1.165, 1.54) is 0 Å². The standard InChI is InChI=1S/C26H43N3O4/c1-8-10-14-17-27-23(30)22(20-15-12-11-13-16-20)29(9-2)24(31)21(18-19(3)4)28-25(32)33-26(5,6)7/h11-13,15-16,19,21-22H,8-10,14,17-18H2,1-7H3,(H,27,30)(H,28,32). The maximum absolute atomic E-state index is 13.7. The third kappa shape index (κ3) is 10.3. The Hall–Kier alpha value is -2.57. The first-order chi connectivity index (χ1) is 15.5. The number of alkyl carbamates (subject to hydrolysis) is 1. The van der Waals surface area contributed by atoms with E-state index in [0.717, 1.165) is 24.8 Å². The summed E-state index contributed by atoms with van der Waals surface area (Å²) in [6.07, 6.45) is 2.78. The fraction of sp³-hybridized carbons (Fsp3) is 0.654. The van der Waals surface area contributed by atoms with Gasteiger partial charge in [-0.1, -0.05) is 63.9 Å². The number of nitrogens with zero attached hydrogens (tertiary/aromatic N) is 1. The van der Waals surface area contributed by atoms with E-state index in [9.17, 15) is 14.4 Å². The van der Waals surface area contributed by atoms with E-state index < -0.39 is 23.8 Å². The van der Waals surface area contributed by atoms with Gasteiger partial charge in [-0.15, -0.1) is 0 Å². The molecule has 2 atom stereocenters. The number of carbonyl (C=O) groups excluding carboxylic acids is 3. The van der Waals surface area contributed by atoms with Gasteiger partial charge >= 0.3 is 6.09 Å². The van der Waals surface area contributed by atoms with Gasteiger partial charge < -0.3 is 20.3 Å². The van der Waals surface area contributed by atoms with Crippen molar-refractivity contribution in [1.82, 2.24) is 15.5 Å². The van der Waals surface area contributed by atoms with Crippen LogP contribution in [0.25, 0.3) is 0 Å². The van der Waals surface area contributed by atoms with Crippen molar-refractivity contribution < 1.29 is 19.1 Å². The average Bonchev–Trinajstić information content (AvgIpc) is 2.72. The SMILES string of the molecule is CCCCCNC(=O)C(c1ccccc1)N(CC)C(=O)C(CC(C)C)NC(=O)OC(C)(C)C. The van der Waals surface area contributed by atoms with Crippen LogP contribution in [0.1, 0.15) is 85.8 Å². The number of amides is 3. The van der Waals surface area contributed by atoms with Crippen molar-refractivity contribution in [3.63, 3.8) is 0 Å². The second kappa shape index (κ2) is 13.9. The molecule has 0 fully saturated rings. The number of ether oxygens (including phenoxy) is 1. The number of unbranched alkanes of at least 4 members (excludes halogenated alkanes) is 2. The normalized spacial score (nSPS) is 13.2. The molecule has 1 aromatic rings.